The Morgan fingerprint density at radius 1 is 1.18 bits per heavy atom. The van der Waals surface area contributed by atoms with E-state index < -0.39 is 11.9 Å². The van der Waals surface area contributed by atoms with Gasteiger partial charge in [-0.25, -0.2) is 4.79 Å². The highest BCUT2D eigenvalue weighted by molar-refractivity contribution is 5.75. The first kappa shape index (κ1) is 15.7. The highest BCUT2D eigenvalue weighted by atomic mass is 16.4. The summed E-state index contributed by atoms with van der Waals surface area (Å²) in [5.41, 5.74) is 0.0314. The van der Waals surface area contributed by atoms with Crippen LogP contribution in [0.15, 0.2) is 0 Å². The van der Waals surface area contributed by atoms with Gasteiger partial charge in [-0.05, 0) is 5.41 Å². The fraction of sp³-hybridized carbons (Fsp3) is 0.833. The van der Waals surface area contributed by atoms with E-state index in [2.05, 4.69) is 20.8 Å². The number of amides is 2. The molecule has 1 unspecified atom stereocenters. The van der Waals surface area contributed by atoms with Crippen molar-refractivity contribution in [3.05, 3.63) is 0 Å². The molecule has 0 rings (SSSR count). The molecule has 1 atom stereocenters. The van der Waals surface area contributed by atoms with Crippen LogP contribution in [-0.2, 0) is 4.79 Å². The number of nitrogens with zero attached hydrogens (tertiary/aromatic N) is 2. The Bertz CT molecular complexity index is 284. The summed E-state index contributed by atoms with van der Waals surface area (Å²) in [6, 6.07) is -0.145. The number of carbonyl (C=O) groups is 2. The van der Waals surface area contributed by atoms with Crippen molar-refractivity contribution < 1.29 is 14.7 Å². The van der Waals surface area contributed by atoms with E-state index in [-0.39, 0.29) is 18.0 Å². The maximum Gasteiger partial charge on any atom is 0.319 e. The monoisotopic (exact) mass is 244 g/mol. The summed E-state index contributed by atoms with van der Waals surface area (Å²) < 4.78 is 0. The van der Waals surface area contributed by atoms with Crippen molar-refractivity contribution in [3.8, 4) is 0 Å². The van der Waals surface area contributed by atoms with Gasteiger partial charge in [0, 0.05) is 27.2 Å². The summed E-state index contributed by atoms with van der Waals surface area (Å²) in [5, 5.41) is 8.79. The van der Waals surface area contributed by atoms with E-state index in [1.807, 2.05) is 0 Å². The average Bonchev–Trinajstić information content (AvgIpc) is 2.13. The molecule has 5 heteroatoms. The number of hydrogen-bond donors (Lipinski definition) is 1. The van der Waals surface area contributed by atoms with Crippen LogP contribution in [0.25, 0.3) is 0 Å². The summed E-state index contributed by atoms with van der Waals surface area (Å²) >= 11 is 0. The maximum atomic E-state index is 11.9. The van der Waals surface area contributed by atoms with E-state index in [1.165, 1.54) is 4.90 Å². The van der Waals surface area contributed by atoms with Crippen LogP contribution in [0.4, 0.5) is 4.79 Å². The molecule has 0 heterocycles. The van der Waals surface area contributed by atoms with Crippen LogP contribution in [0.3, 0.4) is 0 Å². The highest BCUT2D eigenvalue weighted by Crippen LogP contribution is 2.15. The Morgan fingerprint density at radius 3 is 2.00 bits per heavy atom. The van der Waals surface area contributed by atoms with Crippen LogP contribution < -0.4 is 0 Å². The molecule has 17 heavy (non-hydrogen) atoms. The van der Waals surface area contributed by atoms with Gasteiger partial charge in [-0.1, -0.05) is 27.7 Å². The van der Waals surface area contributed by atoms with Crippen LogP contribution >= 0.6 is 0 Å². The largest absolute Gasteiger partial charge is 0.481 e. The molecule has 0 aromatic carbocycles. The minimum Gasteiger partial charge on any atom is -0.481 e. The standard InChI is InChI=1S/C12H24N2O3/c1-9(10(15)16)7-13(5)11(17)14(6)8-12(2,3)4/h9H,7-8H2,1-6H3,(H,15,16). The molecule has 0 aromatic heterocycles. The Balaban J connectivity index is 4.35. The molecule has 0 aliphatic rings. The molecule has 0 bridgehead atoms. The minimum absolute atomic E-state index is 0.0314. The van der Waals surface area contributed by atoms with Crippen molar-refractivity contribution in [2.24, 2.45) is 11.3 Å². The second-order valence-corrected chi connectivity index (χ2v) is 5.82. The van der Waals surface area contributed by atoms with Crippen molar-refractivity contribution in [2.45, 2.75) is 27.7 Å². The predicted octanol–water partition coefficient (Wildman–Crippen LogP) is 1.74. The lowest BCUT2D eigenvalue weighted by Crippen LogP contribution is -2.44. The number of carboxylic acid groups (broad SMARTS) is 1. The van der Waals surface area contributed by atoms with E-state index >= 15 is 0 Å². The Kier molecular flexibility index (Phi) is 5.45. The van der Waals surface area contributed by atoms with Gasteiger partial charge >= 0.3 is 12.0 Å². The molecule has 5 nitrogen and oxygen atoms in total. The fourth-order valence-corrected chi connectivity index (χ4v) is 1.64. The van der Waals surface area contributed by atoms with Crippen molar-refractivity contribution >= 4 is 12.0 Å². The molecule has 2 amide bonds. The number of rotatable bonds is 4. The van der Waals surface area contributed by atoms with Crippen molar-refractivity contribution in [2.75, 3.05) is 27.2 Å². The molecular formula is C12H24N2O3. The number of carbonyl (C=O) groups excluding carboxylic acids is 1. The smallest absolute Gasteiger partial charge is 0.319 e. The summed E-state index contributed by atoms with van der Waals surface area (Å²) in [5.74, 6) is -1.44. The zero-order valence-electron chi connectivity index (χ0n) is 11.6. The minimum atomic E-state index is -0.886. The topological polar surface area (TPSA) is 60.9 Å². The SMILES string of the molecule is CC(CN(C)C(=O)N(C)CC(C)(C)C)C(=O)O. The lowest BCUT2D eigenvalue weighted by Gasteiger charge is -2.30. The van der Waals surface area contributed by atoms with E-state index in [0.717, 1.165) is 0 Å². The van der Waals surface area contributed by atoms with Gasteiger partial charge in [0.15, 0.2) is 0 Å². The molecule has 0 aromatic rings. The summed E-state index contributed by atoms with van der Waals surface area (Å²) in [4.78, 5) is 25.7. The molecular weight excluding hydrogens is 220 g/mol. The molecule has 0 spiro atoms. The van der Waals surface area contributed by atoms with Gasteiger partial charge < -0.3 is 14.9 Å². The van der Waals surface area contributed by atoms with Crippen LogP contribution in [-0.4, -0.2) is 54.1 Å². The van der Waals surface area contributed by atoms with Gasteiger partial charge in [0.1, 0.15) is 0 Å². The van der Waals surface area contributed by atoms with Gasteiger partial charge in [0.2, 0.25) is 0 Å². The Hall–Kier alpha value is -1.26. The lowest BCUT2D eigenvalue weighted by molar-refractivity contribution is -0.141. The Labute approximate surface area is 103 Å². The van der Waals surface area contributed by atoms with Crippen LogP contribution in [0.1, 0.15) is 27.7 Å². The first-order chi connectivity index (χ1) is 7.54. The van der Waals surface area contributed by atoms with Crippen LogP contribution in [0.5, 0.6) is 0 Å². The quantitative estimate of drug-likeness (QED) is 0.819. The van der Waals surface area contributed by atoms with E-state index in [1.54, 1.807) is 25.9 Å². The number of urea groups is 1. The zero-order chi connectivity index (χ0) is 13.8. The number of aliphatic carboxylic acids is 1. The molecule has 1 N–H and O–H groups in total. The van der Waals surface area contributed by atoms with Crippen LogP contribution in [0, 0.1) is 11.3 Å². The number of carboxylic acids is 1. The summed E-state index contributed by atoms with van der Waals surface area (Å²) in [6.07, 6.45) is 0. The average molecular weight is 244 g/mol. The van der Waals surface area contributed by atoms with Crippen LogP contribution in [0.2, 0.25) is 0 Å². The lowest BCUT2D eigenvalue weighted by atomic mass is 9.96. The highest BCUT2D eigenvalue weighted by Gasteiger charge is 2.22. The zero-order valence-corrected chi connectivity index (χ0v) is 11.6. The third kappa shape index (κ3) is 6.14. The fourth-order valence-electron chi connectivity index (χ4n) is 1.64. The normalized spacial score (nSPS) is 13.1. The second-order valence-electron chi connectivity index (χ2n) is 5.82. The van der Waals surface area contributed by atoms with Gasteiger partial charge in [-0.15, -0.1) is 0 Å². The summed E-state index contributed by atoms with van der Waals surface area (Å²) in [6.45, 7) is 8.61. The molecule has 0 saturated carbocycles. The third-order valence-electron chi connectivity index (χ3n) is 2.33. The van der Waals surface area contributed by atoms with Gasteiger partial charge in [0.25, 0.3) is 0 Å². The van der Waals surface area contributed by atoms with Gasteiger partial charge in [-0.2, -0.15) is 0 Å². The molecule has 0 aliphatic carbocycles. The first-order valence-electron chi connectivity index (χ1n) is 5.73. The second kappa shape index (κ2) is 5.89. The van der Waals surface area contributed by atoms with Gasteiger partial charge in [-0.3, -0.25) is 4.79 Å². The number of hydrogen-bond acceptors (Lipinski definition) is 2. The molecule has 0 aliphatic heterocycles. The molecule has 0 fully saturated rings. The molecule has 0 saturated heterocycles. The molecule has 100 valence electrons. The van der Waals surface area contributed by atoms with E-state index in [0.29, 0.717) is 6.54 Å². The maximum absolute atomic E-state index is 11.9. The first-order valence-corrected chi connectivity index (χ1v) is 5.73. The van der Waals surface area contributed by atoms with E-state index in [4.69, 9.17) is 5.11 Å². The van der Waals surface area contributed by atoms with Crippen molar-refractivity contribution in [1.82, 2.24) is 9.80 Å². The van der Waals surface area contributed by atoms with Crippen molar-refractivity contribution in [1.29, 1.82) is 0 Å². The van der Waals surface area contributed by atoms with Gasteiger partial charge in [0.05, 0.1) is 5.92 Å². The predicted molar refractivity (Wildman–Crippen MR) is 66.9 cm³/mol. The van der Waals surface area contributed by atoms with Crippen molar-refractivity contribution in [3.63, 3.8) is 0 Å². The van der Waals surface area contributed by atoms with E-state index in [9.17, 15) is 9.59 Å². The molecule has 0 radical (unpaired) electrons. The third-order valence-corrected chi connectivity index (χ3v) is 2.33. The summed E-state index contributed by atoms with van der Waals surface area (Å²) in [7, 11) is 3.36. The Morgan fingerprint density at radius 2 is 1.65 bits per heavy atom.